The van der Waals surface area contributed by atoms with Crippen LogP contribution in [0.25, 0.3) is 54.9 Å². The fourth-order valence-electron chi connectivity index (χ4n) is 9.37. The van der Waals surface area contributed by atoms with Gasteiger partial charge in [0, 0.05) is 165 Å². The summed E-state index contributed by atoms with van der Waals surface area (Å²) in [5, 5.41) is 10.0. The second kappa shape index (κ2) is 22.6. The molecule has 384 valence electrons. The molecule has 19 heteroatoms. The van der Waals surface area contributed by atoms with Crippen molar-refractivity contribution in [2.45, 2.75) is 33.9 Å². The van der Waals surface area contributed by atoms with E-state index < -0.39 is 0 Å². The molecule has 0 amide bonds. The summed E-state index contributed by atoms with van der Waals surface area (Å²) in [4.78, 5) is 60.5. The Bertz CT molecular complexity index is 3650. The number of rotatable bonds is 11. The number of anilines is 6. The van der Waals surface area contributed by atoms with Crippen molar-refractivity contribution in [3.05, 3.63) is 156 Å². The second-order valence-electron chi connectivity index (χ2n) is 18.7. The van der Waals surface area contributed by atoms with Crippen LogP contribution in [0.4, 0.5) is 34.6 Å². The number of hydrogen-bond acceptors (Lipinski definition) is 14. The Hall–Kier alpha value is -6.73. The Morgan fingerprint density at radius 1 is 0.560 bits per heavy atom. The summed E-state index contributed by atoms with van der Waals surface area (Å²) in [5.74, 6) is 0.885. The molecular formula is C56H56BrCl2N13O2S. The average molecular weight is 1130 g/mol. The van der Waals surface area contributed by atoms with E-state index in [0.717, 1.165) is 94.4 Å². The van der Waals surface area contributed by atoms with E-state index in [9.17, 15) is 9.59 Å². The predicted octanol–water partition coefficient (Wildman–Crippen LogP) is 11.4. The molecule has 2 aliphatic heterocycles. The first-order valence-corrected chi connectivity index (χ1v) is 27.3. The van der Waals surface area contributed by atoms with E-state index in [1.807, 2.05) is 93.7 Å². The van der Waals surface area contributed by atoms with Crippen LogP contribution in [0.1, 0.15) is 18.7 Å². The number of piperazine rings is 2. The SMILES string of the molecule is CCn1c(=O)c(-c2ccc(-c3ncc(C)s3)cc2Cl)cc2cnc(Nc3ccc(N4CCN(C)CC4)cc3)nc21.CCn1c(=O)c(-c2ccc(Br)cc2Cl)cc2cnc(Nc3ccc(N4CCN(C)CC4)cc3)nc21. The van der Waals surface area contributed by atoms with Crippen molar-refractivity contribution in [3.63, 3.8) is 0 Å². The lowest BCUT2D eigenvalue weighted by atomic mass is 10.0. The first-order chi connectivity index (χ1) is 36.3. The summed E-state index contributed by atoms with van der Waals surface area (Å²) in [7, 11) is 4.31. The molecule has 2 aliphatic rings. The fourth-order valence-corrected chi connectivity index (χ4v) is 11.2. The molecule has 2 fully saturated rings. The van der Waals surface area contributed by atoms with Gasteiger partial charge in [0.25, 0.3) is 11.1 Å². The topological polar surface area (TPSA) is 145 Å². The zero-order chi connectivity index (χ0) is 52.3. The molecule has 11 rings (SSSR count). The smallest absolute Gasteiger partial charge is 0.260 e. The Morgan fingerprint density at radius 2 is 1.01 bits per heavy atom. The van der Waals surface area contributed by atoms with E-state index in [0.29, 0.717) is 68.6 Å². The molecule has 0 unspecified atom stereocenters. The first-order valence-electron chi connectivity index (χ1n) is 24.9. The van der Waals surface area contributed by atoms with E-state index in [-0.39, 0.29) is 11.1 Å². The second-order valence-corrected chi connectivity index (χ2v) is 21.6. The number of pyridine rings is 2. The third-order valence-electron chi connectivity index (χ3n) is 13.6. The van der Waals surface area contributed by atoms with Gasteiger partial charge >= 0.3 is 0 Å². The molecule has 2 saturated heterocycles. The minimum Gasteiger partial charge on any atom is -0.369 e. The van der Waals surface area contributed by atoms with Crippen molar-refractivity contribution in [2.24, 2.45) is 0 Å². The quantitative estimate of drug-likeness (QED) is 0.127. The summed E-state index contributed by atoms with van der Waals surface area (Å²) in [6, 6.07) is 31.5. The zero-order valence-electron chi connectivity index (χ0n) is 42.3. The van der Waals surface area contributed by atoms with E-state index in [2.05, 4.69) is 104 Å². The molecule has 0 saturated carbocycles. The molecule has 5 aromatic heterocycles. The molecule has 0 atom stereocenters. The Labute approximate surface area is 457 Å². The van der Waals surface area contributed by atoms with Crippen LogP contribution in [0.15, 0.2) is 130 Å². The Morgan fingerprint density at radius 3 is 1.43 bits per heavy atom. The standard InChI is InChI=1S/C30H30ClN7OS.C26H26BrClN6O/c1-4-38-27-21(15-25(29(38)39)24-10-5-20(16-26(24)31)28-32-17-19(2)40-28)18-33-30(35-27)34-22-6-8-23(9-7-22)37-13-11-36(3)12-14-37;1-3-34-24-17(14-22(25(34)35)21-9-4-18(27)15-23(21)28)16-29-26(31-24)30-19-5-7-20(8-6-19)33-12-10-32(2)11-13-33/h5-10,15-18H,4,11-14H2,1-3H3,(H,33,34,35);4-9,14-16H,3,10-13H2,1-2H3,(H,29,30,31). The normalized spacial score (nSPS) is 14.3. The summed E-state index contributed by atoms with van der Waals surface area (Å²) in [6.07, 6.45) is 5.34. The van der Waals surface area contributed by atoms with Crippen LogP contribution in [-0.4, -0.2) is 110 Å². The van der Waals surface area contributed by atoms with Crippen LogP contribution < -0.4 is 31.6 Å². The summed E-state index contributed by atoms with van der Waals surface area (Å²) in [6.45, 7) is 15.2. The largest absolute Gasteiger partial charge is 0.369 e. The summed E-state index contributed by atoms with van der Waals surface area (Å²) < 4.78 is 4.19. The molecule has 0 spiro atoms. The minimum atomic E-state index is -0.143. The highest BCUT2D eigenvalue weighted by Crippen LogP contribution is 2.35. The number of nitrogens with zero attached hydrogens (tertiary/aromatic N) is 11. The van der Waals surface area contributed by atoms with Gasteiger partial charge in [-0.15, -0.1) is 11.3 Å². The van der Waals surface area contributed by atoms with Gasteiger partial charge in [-0.3, -0.25) is 18.7 Å². The molecule has 75 heavy (non-hydrogen) atoms. The number of nitrogens with one attached hydrogen (secondary N) is 2. The molecule has 9 aromatic rings. The van der Waals surface area contributed by atoms with Crippen molar-refractivity contribution in [1.82, 2.24) is 43.9 Å². The van der Waals surface area contributed by atoms with Crippen LogP contribution in [0.2, 0.25) is 10.0 Å². The van der Waals surface area contributed by atoms with E-state index in [1.165, 1.54) is 11.4 Å². The molecule has 15 nitrogen and oxygen atoms in total. The van der Waals surface area contributed by atoms with Crippen LogP contribution >= 0.6 is 50.5 Å². The number of hydrogen-bond donors (Lipinski definition) is 2. The maximum atomic E-state index is 13.6. The highest BCUT2D eigenvalue weighted by Gasteiger charge is 2.20. The van der Waals surface area contributed by atoms with Crippen LogP contribution in [0.3, 0.4) is 0 Å². The van der Waals surface area contributed by atoms with Gasteiger partial charge in [-0.2, -0.15) is 9.97 Å². The van der Waals surface area contributed by atoms with E-state index in [1.54, 1.807) is 38.9 Å². The zero-order valence-corrected chi connectivity index (χ0v) is 46.2. The van der Waals surface area contributed by atoms with Gasteiger partial charge in [0.2, 0.25) is 11.9 Å². The lowest BCUT2D eigenvalue weighted by molar-refractivity contribution is 0.313. The molecule has 7 heterocycles. The number of fused-ring (bicyclic) bond motifs is 2. The van der Waals surface area contributed by atoms with Gasteiger partial charge in [-0.25, -0.2) is 15.0 Å². The maximum absolute atomic E-state index is 13.6. The van der Waals surface area contributed by atoms with Gasteiger partial charge in [0.15, 0.2) is 0 Å². The van der Waals surface area contributed by atoms with Crippen molar-refractivity contribution in [2.75, 3.05) is 86.9 Å². The first kappa shape index (κ1) is 51.7. The predicted molar refractivity (Wildman–Crippen MR) is 312 cm³/mol. The highest BCUT2D eigenvalue weighted by molar-refractivity contribution is 9.10. The van der Waals surface area contributed by atoms with E-state index in [4.69, 9.17) is 28.2 Å². The van der Waals surface area contributed by atoms with Gasteiger partial charge in [0.1, 0.15) is 16.3 Å². The lowest BCUT2D eigenvalue weighted by Crippen LogP contribution is -2.44. The van der Waals surface area contributed by atoms with Crippen LogP contribution in [-0.2, 0) is 13.1 Å². The summed E-state index contributed by atoms with van der Waals surface area (Å²) in [5.41, 5.74) is 8.43. The van der Waals surface area contributed by atoms with Crippen LogP contribution in [0.5, 0.6) is 0 Å². The number of benzene rings is 4. The van der Waals surface area contributed by atoms with Crippen molar-refractivity contribution < 1.29 is 0 Å². The number of thiazole rings is 1. The third-order valence-corrected chi connectivity index (χ3v) is 15.7. The lowest BCUT2D eigenvalue weighted by Gasteiger charge is -2.34. The van der Waals surface area contributed by atoms with Gasteiger partial charge in [0.05, 0.1) is 0 Å². The summed E-state index contributed by atoms with van der Waals surface area (Å²) >= 11 is 18.2. The van der Waals surface area contributed by atoms with Gasteiger partial charge in [-0.05, 0) is 114 Å². The van der Waals surface area contributed by atoms with Crippen molar-refractivity contribution in [3.8, 4) is 32.8 Å². The third kappa shape index (κ3) is 11.4. The molecule has 4 aromatic carbocycles. The Balaban J connectivity index is 0.000000173. The fraction of sp³-hybridized carbons (Fsp3) is 0.268. The molecule has 0 aliphatic carbocycles. The monoisotopic (exact) mass is 1120 g/mol. The number of likely N-dealkylation sites (N-methyl/N-ethyl adjacent to an activating group) is 2. The van der Waals surface area contributed by atoms with Crippen LogP contribution in [0, 0.1) is 6.92 Å². The van der Waals surface area contributed by atoms with Gasteiger partial charge < -0.3 is 30.2 Å². The average Bonchev–Trinajstić information content (AvgIpc) is 3.86. The number of aromatic nitrogens is 7. The molecule has 0 bridgehead atoms. The molecule has 0 radical (unpaired) electrons. The number of halogens is 3. The minimum absolute atomic E-state index is 0.134. The maximum Gasteiger partial charge on any atom is 0.260 e. The number of aryl methyl sites for hydroxylation is 3. The van der Waals surface area contributed by atoms with Gasteiger partial charge in [-0.1, -0.05) is 57.3 Å². The molecular weight excluding hydrogens is 1070 g/mol. The van der Waals surface area contributed by atoms with Crippen molar-refractivity contribution in [1.29, 1.82) is 0 Å². The van der Waals surface area contributed by atoms with Crippen molar-refractivity contribution >= 4 is 107 Å². The Kier molecular flexibility index (Phi) is 15.6. The highest BCUT2D eigenvalue weighted by atomic mass is 79.9. The van der Waals surface area contributed by atoms with E-state index >= 15 is 0 Å². The molecule has 2 N–H and O–H groups in total.